The molecule has 0 aliphatic heterocycles. The number of benzene rings is 2. The molecule has 1 heterocycles. The fourth-order valence-electron chi connectivity index (χ4n) is 3.63. The van der Waals surface area contributed by atoms with Crippen LogP contribution in [0.1, 0.15) is 60.8 Å². The zero-order valence-corrected chi connectivity index (χ0v) is 17.1. The number of hydrogen-bond donors (Lipinski definition) is 1. The third-order valence-corrected chi connectivity index (χ3v) is 5.22. The molecule has 28 heavy (non-hydrogen) atoms. The van der Waals surface area contributed by atoms with Crippen LogP contribution in [-0.2, 0) is 13.0 Å². The van der Waals surface area contributed by atoms with Crippen LogP contribution in [0.25, 0.3) is 11.0 Å². The Morgan fingerprint density at radius 2 is 1.79 bits per heavy atom. The Labute approximate surface area is 168 Å². The first-order valence-electron chi connectivity index (χ1n) is 10.5. The highest BCUT2D eigenvalue weighted by Gasteiger charge is 2.11. The smallest absolute Gasteiger partial charge is 0.251 e. The molecule has 0 spiro atoms. The second-order valence-corrected chi connectivity index (χ2v) is 7.40. The van der Waals surface area contributed by atoms with Crippen LogP contribution < -0.4 is 5.32 Å². The largest absolute Gasteiger partial charge is 0.352 e. The minimum atomic E-state index is 0.00571. The lowest BCUT2D eigenvalue weighted by molar-refractivity contribution is 0.0952. The molecule has 3 aromatic rings. The van der Waals surface area contributed by atoms with Gasteiger partial charge in [0.2, 0.25) is 0 Å². The van der Waals surface area contributed by atoms with Crippen molar-refractivity contribution in [2.75, 3.05) is 6.54 Å². The molecule has 0 fully saturated rings. The Balaban J connectivity index is 1.59. The number of fused-ring (bicyclic) bond motifs is 1. The summed E-state index contributed by atoms with van der Waals surface area (Å²) in [5.41, 5.74) is 4.05. The average molecular weight is 378 g/mol. The molecule has 148 valence electrons. The molecule has 4 nitrogen and oxygen atoms in total. The Bertz CT molecular complexity index is 913. The van der Waals surface area contributed by atoms with Crippen molar-refractivity contribution in [2.24, 2.45) is 0 Å². The summed E-state index contributed by atoms with van der Waals surface area (Å²) >= 11 is 0. The maximum Gasteiger partial charge on any atom is 0.251 e. The Morgan fingerprint density at radius 1 is 1.00 bits per heavy atom. The molecule has 0 bridgehead atoms. The van der Waals surface area contributed by atoms with Gasteiger partial charge in [0.15, 0.2) is 0 Å². The summed E-state index contributed by atoms with van der Waals surface area (Å²) in [6.07, 6.45) is 6.73. The van der Waals surface area contributed by atoms with Crippen molar-refractivity contribution in [1.82, 2.24) is 14.9 Å². The molecule has 0 atom stereocenters. The normalized spacial score (nSPS) is 11.1. The lowest BCUT2D eigenvalue weighted by Crippen LogP contribution is -2.25. The fourth-order valence-corrected chi connectivity index (χ4v) is 3.63. The monoisotopic (exact) mass is 377 g/mol. The maximum absolute atomic E-state index is 12.4. The number of hydrogen-bond acceptors (Lipinski definition) is 2. The molecule has 0 aliphatic carbocycles. The van der Waals surface area contributed by atoms with Crippen molar-refractivity contribution in [1.29, 1.82) is 0 Å². The predicted molar refractivity (Wildman–Crippen MR) is 116 cm³/mol. The van der Waals surface area contributed by atoms with Crippen LogP contribution in [0.3, 0.4) is 0 Å². The SMILES string of the molecule is CCCCCCn1c(CCCNC(=O)c2ccccc2C)nc2ccccc21. The number of aromatic nitrogens is 2. The van der Waals surface area contributed by atoms with Gasteiger partial charge in [-0.15, -0.1) is 0 Å². The van der Waals surface area contributed by atoms with Gasteiger partial charge in [0, 0.05) is 25.1 Å². The Kier molecular flexibility index (Phi) is 7.24. The van der Waals surface area contributed by atoms with E-state index in [4.69, 9.17) is 4.98 Å². The van der Waals surface area contributed by atoms with Crippen LogP contribution in [-0.4, -0.2) is 22.0 Å². The molecular weight excluding hydrogens is 346 g/mol. The first-order chi connectivity index (χ1) is 13.7. The zero-order valence-electron chi connectivity index (χ0n) is 17.1. The molecule has 0 saturated heterocycles. The van der Waals surface area contributed by atoms with Crippen molar-refractivity contribution in [3.05, 3.63) is 65.5 Å². The summed E-state index contributed by atoms with van der Waals surface area (Å²) in [5, 5.41) is 3.05. The minimum Gasteiger partial charge on any atom is -0.352 e. The fraction of sp³-hybridized carbons (Fsp3) is 0.417. The highest BCUT2D eigenvalue weighted by molar-refractivity contribution is 5.95. The van der Waals surface area contributed by atoms with Gasteiger partial charge in [-0.3, -0.25) is 4.79 Å². The summed E-state index contributed by atoms with van der Waals surface area (Å²) in [7, 11) is 0. The molecule has 2 aromatic carbocycles. The van der Waals surface area contributed by atoms with E-state index in [1.54, 1.807) is 0 Å². The number of unbranched alkanes of at least 4 members (excludes halogenated alkanes) is 3. The highest BCUT2D eigenvalue weighted by Crippen LogP contribution is 2.18. The van der Waals surface area contributed by atoms with E-state index in [9.17, 15) is 4.79 Å². The number of para-hydroxylation sites is 2. The second-order valence-electron chi connectivity index (χ2n) is 7.40. The minimum absolute atomic E-state index is 0.00571. The van der Waals surface area contributed by atoms with Gasteiger partial charge in [0.25, 0.3) is 5.91 Å². The molecule has 1 amide bonds. The standard InChI is InChI=1S/C24H31N3O/c1-3-4-5-10-18-27-22-15-9-8-14-21(22)26-23(27)16-11-17-25-24(28)20-13-7-6-12-19(20)2/h6-9,12-15H,3-5,10-11,16-18H2,1-2H3,(H,25,28). The van der Waals surface area contributed by atoms with Crippen molar-refractivity contribution >= 4 is 16.9 Å². The van der Waals surface area contributed by atoms with Crippen LogP contribution in [0.15, 0.2) is 48.5 Å². The molecule has 3 rings (SSSR count). The van der Waals surface area contributed by atoms with Gasteiger partial charge >= 0.3 is 0 Å². The van der Waals surface area contributed by atoms with Crippen molar-refractivity contribution in [3.63, 3.8) is 0 Å². The van der Waals surface area contributed by atoms with Crippen LogP contribution in [0.4, 0.5) is 0 Å². The average Bonchev–Trinajstić information content (AvgIpc) is 3.06. The van der Waals surface area contributed by atoms with E-state index < -0.39 is 0 Å². The van der Waals surface area contributed by atoms with E-state index in [0.717, 1.165) is 41.9 Å². The van der Waals surface area contributed by atoms with E-state index in [2.05, 4.69) is 35.0 Å². The molecule has 1 aromatic heterocycles. The summed E-state index contributed by atoms with van der Waals surface area (Å²) in [6, 6.07) is 16.1. The summed E-state index contributed by atoms with van der Waals surface area (Å²) in [6.45, 7) is 5.89. The Hall–Kier alpha value is -2.62. The van der Waals surface area contributed by atoms with Crippen LogP contribution in [0.2, 0.25) is 0 Å². The van der Waals surface area contributed by atoms with Crippen molar-refractivity contribution in [2.45, 2.75) is 58.9 Å². The first kappa shape index (κ1) is 20.1. The first-order valence-corrected chi connectivity index (χ1v) is 10.5. The van der Waals surface area contributed by atoms with Crippen LogP contribution >= 0.6 is 0 Å². The molecular formula is C24H31N3O. The van der Waals surface area contributed by atoms with E-state index in [0.29, 0.717) is 6.54 Å². The number of carbonyl (C=O) groups excluding carboxylic acids is 1. The lowest BCUT2D eigenvalue weighted by Gasteiger charge is -2.10. The van der Waals surface area contributed by atoms with E-state index in [1.165, 1.54) is 31.2 Å². The molecule has 0 saturated carbocycles. The van der Waals surface area contributed by atoms with Gasteiger partial charge in [-0.2, -0.15) is 0 Å². The number of imidazole rings is 1. The number of aryl methyl sites for hydroxylation is 3. The second kappa shape index (κ2) is 10.1. The molecule has 0 unspecified atom stereocenters. The van der Waals surface area contributed by atoms with E-state index >= 15 is 0 Å². The summed E-state index contributed by atoms with van der Waals surface area (Å²) < 4.78 is 2.37. The topological polar surface area (TPSA) is 46.9 Å². The van der Waals surface area contributed by atoms with Crippen LogP contribution in [0.5, 0.6) is 0 Å². The molecule has 0 radical (unpaired) electrons. The van der Waals surface area contributed by atoms with Gasteiger partial charge in [-0.1, -0.05) is 56.5 Å². The number of rotatable bonds is 10. The molecule has 4 heteroatoms. The predicted octanol–water partition coefficient (Wildman–Crippen LogP) is 5.29. The van der Waals surface area contributed by atoms with Gasteiger partial charge in [-0.05, 0) is 43.5 Å². The maximum atomic E-state index is 12.4. The summed E-state index contributed by atoms with van der Waals surface area (Å²) in [5.74, 6) is 1.13. The van der Waals surface area contributed by atoms with Crippen molar-refractivity contribution in [3.8, 4) is 0 Å². The Morgan fingerprint density at radius 3 is 2.61 bits per heavy atom. The quantitative estimate of drug-likeness (QED) is 0.488. The van der Waals surface area contributed by atoms with Gasteiger partial charge in [0.1, 0.15) is 5.82 Å². The molecule has 1 N–H and O–H groups in total. The zero-order chi connectivity index (χ0) is 19.8. The van der Waals surface area contributed by atoms with Gasteiger partial charge < -0.3 is 9.88 Å². The number of amides is 1. The third-order valence-electron chi connectivity index (χ3n) is 5.22. The van der Waals surface area contributed by atoms with E-state index in [1.807, 2.05) is 37.3 Å². The number of nitrogens with zero attached hydrogens (tertiary/aromatic N) is 2. The van der Waals surface area contributed by atoms with Crippen LogP contribution in [0, 0.1) is 6.92 Å². The van der Waals surface area contributed by atoms with Gasteiger partial charge in [-0.25, -0.2) is 4.98 Å². The number of nitrogens with one attached hydrogen (secondary N) is 1. The van der Waals surface area contributed by atoms with E-state index in [-0.39, 0.29) is 5.91 Å². The van der Waals surface area contributed by atoms with Gasteiger partial charge in [0.05, 0.1) is 11.0 Å². The highest BCUT2D eigenvalue weighted by atomic mass is 16.1. The van der Waals surface area contributed by atoms with Crippen molar-refractivity contribution < 1.29 is 4.79 Å². The molecule has 0 aliphatic rings. The summed E-state index contributed by atoms with van der Waals surface area (Å²) in [4.78, 5) is 17.2. The number of carbonyl (C=O) groups is 1. The third kappa shape index (κ3) is 5.00. The lowest BCUT2D eigenvalue weighted by atomic mass is 10.1.